The van der Waals surface area contributed by atoms with Crippen LogP contribution in [0.1, 0.15) is 35.2 Å². The zero-order valence-corrected chi connectivity index (χ0v) is 11.6. The molecule has 1 unspecified atom stereocenters. The Morgan fingerprint density at radius 3 is 2.79 bits per heavy atom. The Morgan fingerprint density at radius 1 is 1.37 bits per heavy atom. The Kier molecular flexibility index (Phi) is 5.11. The average Bonchev–Trinajstić information content (AvgIpc) is 2.85. The highest BCUT2D eigenvalue weighted by atomic mass is 16.3. The molecule has 0 bridgehead atoms. The monoisotopic (exact) mass is 261 g/mol. The maximum absolute atomic E-state index is 12.1. The average molecular weight is 261 g/mol. The van der Waals surface area contributed by atoms with Gasteiger partial charge in [-0.3, -0.25) is 4.79 Å². The number of aryl methyl sites for hydroxylation is 1. The minimum Gasteiger partial charge on any atom is -0.396 e. The van der Waals surface area contributed by atoms with Crippen molar-refractivity contribution in [3.8, 4) is 0 Å². The van der Waals surface area contributed by atoms with Crippen LogP contribution in [-0.4, -0.2) is 42.0 Å². The van der Waals surface area contributed by atoms with Gasteiger partial charge in [0.15, 0.2) is 5.78 Å². The highest BCUT2D eigenvalue weighted by molar-refractivity contribution is 5.96. The molecule has 1 aliphatic rings. The smallest absolute Gasteiger partial charge is 0.164 e. The normalized spacial score (nSPS) is 19.8. The van der Waals surface area contributed by atoms with Gasteiger partial charge in [0.25, 0.3) is 0 Å². The molecule has 19 heavy (non-hydrogen) atoms. The highest BCUT2D eigenvalue weighted by Crippen LogP contribution is 2.19. The van der Waals surface area contributed by atoms with Crippen LogP contribution in [0.4, 0.5) is 0 Å². The number of aliphatic hydroxyl groups is 1. The maximum Gasteiger partial charge on any atom is 0.164 e. The number of benzene rings is 1. The standard InChI is InChI=1S/C16H23NO2/c1-13-2-4-15(5-3-13)16(19)7-10-17-9-6-14(12-17)8-11-18/h2-5,14,18H,6-12H2,1H3. The molecule has 0 aliphatic carbocycles. The van der Waals surface area contributed by atoms with E-state index in [-0.39, 0.29) is 12.4 Å². The van der Waals surface area contributed by atoms with Crippen LogP contribution >= 0.6 is 0 Å². The Labute approximate surface area is 115 Å². The summed E-state index contributed by atoms with van der Waals surface area (Å²) in [4.78, 5) is 14.4. The Hall–Kier alpha value is -1.19. The SMILES string of the molecule is Cc1ccc(C(=O)CCN2CCC(CCO)C2)cc1. The minimum absolute atomic E-state index is 0.227. The van der Waals surface area contributed by atoms with Crippen molar-refractivity contribution in [1.29, 1.82) is 0 Å². The van der Waals surface area contributed by atoms with Gasteiger partial charge in [-0.25, -0.2) is 0 Å². The number of nitrogens with zero attached hydrogens (tertiary/aromatic N) is 1. The van der Waals surface area contributed by atoms with E-state index >= 15 is 0 Å². The lowest BCUT2D eigenvalue weighted by Gasteiger charge is -2.15. The molecule has 1 saturated heterocycles. The first kappa shape index (κ1) is 14.2. The summed E-state index contributed by atoms with van der Waals surface area (Å²) in [7, 11) is 0. The van der Waals surface area contributed by atoms with Crippen LogP contribution in [0.3, 0.4) is 0 Å². The van der Waals surface area contributed by atoms with Gasteiger partial charge < -0.3 is 10.0 Å². The van der Waals surface area contributed by atoms with Gasteiger partial charge in [0, 0.05) is 31.7 Å². The molecular formula is C16H23NO2. The van der Waals surface area contributed by atoms with E-state index in [0.29, 0.717) is 12.3 Å². The highest BCUT2D eigenvalue weighted by Gasteiger charge is 2.22. The van der Waals surface area contributed by atoms with Crippen LogP contribution in [-0.2, 0) is 0 Å². The maximum atomic E-state index is 12.1. The van der Waals surface area contributed by atoms with Crippen LogP contribution < -0.4 is 0 Å². The van der Waals surface area contributed by atoms with Gasteiger partial charge in [0.2, 0.25) is 0 Å². The first-order valence-electron chi connectivity index (χ1n) is 7.12. The molecule has 1 fully saturated rings. The van der Waals surface area contributed by atoms with Gasteiger partial charge in [0.1, 0.15) is 0 Å². The summed E-state index contributed by atoms with van der Waals surface area (Å²) in [6.45, 7) is 5.24. The van der Waals surface area contributed by atoms with Gasteiger partial charge in [0.05, 0.1) is 0 Å². The summed E-state index contributed by atoms with van der Waals surface area (Å²) in [6, 6.07) is 7.80. The summed E-state index contributed by atoms with van der Waals surface area (Å²) in [5.74, 6) is 0.838. The van der Waals surface area contributed by atoms with E-state index in [9.17, 15) is 4.79 Å². The van der Waals surface area contributed by atoms with Crippen molar-refractivity contribution in [1.82, 2.24) is 4.90 Å². The largest absolute Gasteiger partial charge is 0.396 e. The summed E-state index contributed by atoms with van der Waals surface area (Å²) in [5, 5.41) is 8.93. The molecule has 104 valence electrons. The van der Waals surface area contributed by atoms with Crippen LogP contribution in [0.2, 0.25) is 0 Å². The third-order valence-electron chi connectivity index (χ3n) is 3.94. The topological polar surface area (TPSA) is 40.5 Å². The molecule has 0 aromatic heterocycles. The predicted octanol–water partition coefficient (Wildman–Crippen LogP) is 2.27. The van der Waals surface area contributed by atoms with Crippen molar-refractivity contribution in [3.05, 3.63) is 35.4 Å². The lowest BCUT2D eigenvalue weighted by molar-refractivity contribution is 0.0967. The summed E-state index contributed by atoms with van der Waals surface area (Å²) in [6.07, 6.45) is 2.64. The fraction of sp³-hybridized carbons (Fsp3) is 0.562. The van der Waals surface area contributed by atoms with Gasteiger partial charge in [-0.05, 0) is 32.2 Å². The molecule has 1 aromatic carbocycles. The van der Waals surface area contributed by atoms with Gasteiger partial charge in [-0.2, -0.15) is 0 Å². The predicted molar refractivity (Wildman–Crippen MR) is 76.4 cm³/mol. The molecule has 0 radical (unpaired) electrons. The minimum atomic E-state index is 0.227. The van der Waals surface area contributed by atoms with Crippen molar-refractivity contribution in [2.24, 2.45) is 5.92 Å². The van der Waals surface area contributed by atoms with Crippen molar-refractivity contribution in [2.75, 3.05) is 26.2 Å². The number of likely N-dealkylation sites (tertiary alicyclic amines) is 1. The summed E-state index contributed by atoms with van der Waals surface area (Å²) < 4.78 is 0. The molecule has 3 nitrogen and oxygen atoms in total. The molecule has 0 saturated carbocycles. The van der Waals surface area contributed by atoms with E-state index in [1.807, 2.05) is 31.2 Å². The number of rotatable bonds is 6. The number of aliphatic hydroxyl groups excluding tert-OH is 1. The number of Topliss-reactive ketones (excluding diaryl/α,β-unsaturated/α-hetero) is 1. The molecule has 3 heteroatoms. The number of carbonyl (C=O) groups excluding carboxylic acids is 1. The molecule has 2 rings (SSSR count). The molecule has 1 atom stereocenters. The Bertz CT molecular complexity index is 413. The third-order valence-corrected chi connectivity index (χ3v) is 3.94. The lowest BCUT2D eigenvalue weighted by atomic mass is 10.1. The Morgan fingerprint density at radius 2 is 2.11 bits per heavy atom. The van der Waals surface area contributed by atoms with Crippen LogP contribution in [0.5, 0.6) is 0 Å². The van der Waals surface area contributed by atoms with E-state index < -0.39 is 0 Å². The van der Waals surface area contributed by atoms with Gasteiger partial charge in [-0.15, -0.1) is 0 Å². The fourth-order valence-corrected chi connectivity index (χ4v) is 2.68. The fourth-order valence-electron chi connectivity index (χ4n) is 2.68. The molecule has 0 amide bonds. The Balaban J connectivity index is 1.76. The second-order valence-electron chi connectivity index (χ2n) is 5.51. The molecule has 1 aliphatic heterocycles. The van der Waals surface area contributed by atoms with E-state index in [1.54, 1.807) is 0 Å². The molecule has 1 heterocycles. The van der Waals surface area contributed by atoms with Crippen LogP contribution in [0, 0.1) is 12.8 Å². The van der Waals surface area contributed by atoms with Crippen LogP contribution in [0.25, 0.3) is 0 Å². The second-order valence-corrected chi connectivity index (χ2v) is 5.51. The van der Waals surface area contributed by atoms with Crippen LogP contribution in [0.15, 0.2) is 24.3 Å². The second kappa shape index (κ2) is 6.83. The van der Waals surface area contributed by atoms with E-state index in [2.05, 4.69) is 4.90 Å². The van der Waals surface area contributed by atoms with Crippen molar-refractivity contribution >= 4 is 5.78 Å². The lowest BCUT2D eigenvalue weighted by Crippen LogP contribution is -2.24. The van der Waals surface area contributed by atoms with Crippen molar-refractivity contribution in [2.45, 2.75) is 26.2 Å². The van der Waals surface area contributed by atoms with Crippen molar-refractivity contribution in [3.63, 3.8) is 0 Å². The zero-order valence-electron chi connectivity index (χ0n) is 11.6. The number of ketones is 1. The number of hydrogen-bond donors (Lipinski definition) is 1. The molecule has 0 spiro atoms. The van der Waals surface area contributed by atoms with Gasteiger partial charge >= 0.3 is 0 Å². The summed E-state index contributed by atoms with van der Waals surface area (Å²) >= 11 is 0. The van der Waals surface area contributed by atoms with Crippen molar-refractivity contribution < 1.29 is 9.90 Å². The summed E-state index contributed by atoms with van der Waals surface area (Å²) in [5.41, 5.74) is 2.00. The van der Waals surface area contributed by atoms with E-state index in [4.69, 9.17) is 5.11 Å². The first-order chi connectivity index (χ1) is 9.19. The molecular weight excluding hydrogens is 238 g/mol. The zero-order chi connectivity index (χ0) is 13.7. The molecule has 1 N–H and O–H groups in total. The number of hydrogen-bond acceptors (Lipinski definition) is 3. The number of carbonyl (C=O) groups is 1. The molecule has 1 aromatic rings. The first-order valence-corrected chi connectivity index (χ1v) is 7.12. The van der Waals surface area contributed by atoms with E-state index in [0.717, 1.165) is 38.0 Å². The van der Waals surface area contributed by atoms with Gasteiger partial charge in [-0.1, -0.05) is 29.8 Å². The third kappa shape index (κ3) is 4.15. The van der Waals surface area contributed by atoms with E-state index in [1.165, 1.54) is 5.56 Å². The quantitative estimate of drug-likeness (QED) is 0.799.